The second kappa shape index (κ2) is 11.6. The van der Waals surface area contributed by atoms with Crippen LogP contribution in [-0.2, 0) is 30.9 Å². The highest BCUT2D eigenvalue weighted by molar-refractivity contribution is 6.28. The van der Waals surface area contributed by atoms with Gasteiger partial charge in [-0.05, 0) is 29.1 Å². The molecule has 0 unspecified atom stereocenters. The highest BCUT2D eigenvalue weighted by Gasteiger charge is 2.34. The summed E-state index contributed by atoms with van der Waals surface area (Å²) in [5.74, 6) is 0.814. The van der Waals surface area contributed by atoms with Crippen molar-refractivity contribution in [3.05, 3.63) is 88.3 Å². The zero-order valence-corrected chi connectivity index (χ0v) is 21.3. The molecule has 1 atom stereocenters. The van der Waals surface area contributed by atoms with Gasteiger partial charge in [0.05, 0.1) is 24.2 Å². The Balaban J connectivity index is 1.28. The number of piperazine rings is 1. The van der Waals surface area contributed by atoms with Gasteiger partial charge in [-0.25, -0.2) is 14.8 Å². The number of amides is 1. The second-order valence-electron chi connectivity index (χ2n) is 9.38. The van der Waals surface area contributed by atoms with Crippen LogP contribution < -0.4 is 4.90 Å². The van der Waals surface area contributed by atoms with Gasteiger partial charge in [-0.15, -0.1) is 0 Å². The lowest BCUT2D eigenvalue weighted by Gasteiger charge is -2.41. The van der Waals surface area contributed by atoms with Crippen molar-refractivity contribution in [2.45, 2.75) is 38.6 Å². The molecule has 37 heavy (non-hydrogen) atoms. The van der Waals surface area contributed by atoms with Crippen LogP contribution in [0.25, 0.3) is 0 Å². The summed E-state index contributed by atoms with van der Waals surface area (Å²) in [7, 11) is 0. The van der Waals surface area contributed by atoms with E-state index in [4.69, 9.17) is 16.3 Å². The minimum atomic E-state index is -0.400. The summed E-state index contributed by atoms with van der Waals surface area (Å²) in [6.07, 6.45) is 0.628. The number of hydrogen-bond acceptors (Lipinski definition) is 7. The molecule has 0 bridgehead atoms. The third-order valence-corrected chi connectivity index (χ3v) is 7.06. The minimum Gasteiger partial charge on any atom is -0.445 e. The van der Waals surface area contributed by atoms with E-state index in [1.165, 1.54) is 5.56 Å². The molecule has 0 N–H and O–H groups in total. The van der Waals surface area contributed by atoms with Crippen LogP contribution in [0, 0.1) is 11.3 Å². The maximum atomic E-state index is 12.9. The highest BCUT2D eigenvalue weighted by atomic mass is 35.5. The molecule has 3 aromatic rings. The summed E-state index contributed by atoms with van der Waals surface area (Å²) in [6, 6.07) is 21.9. The highest BCUT2D eigenvalue weighted by Crippen LogP contribution is 2.30. The van der Waals surface area contributed by atoms with Crippen molar-refractivity contribution in [1.29, 1.82) is 5.26 Å². The lowest BCUT2D eigenvalue weighted by molar-refractivity contribution is 0.0767. The number of benzene rings is 2. The monoisotopic (exact) mass is 516 g/mol. The fourth-order valence-electron chi connectivity index (χ4n) is 5.04. The van der Waals surface area contributed by atoms with Crippen LogP contribution in [0.4, 0.5) is 10.6 Å². The van der Waals surface area contributed by atoms with Crippen molar-refractivity contribution < 1.29 is 9.53 Å². The van der Waals surface area contributed by atoms with Crippen LogP contribution >= 0.6 is 11.6 Å². The van der Waals surface area contributed by atoms with Crippen molar-refractivity contribution in [3.63, 3.8) is 0 Å². The molecule has 190 valence electrons. The summed E-state index contributed by atoms with van der Waals surface area (Å²) in [5.41, 5.74) is 4.24. The summed E-state index contributed by atoms with van der Waals surface area (Å²) >= 11 is 6.38. The third-order valence-electron chi connectivity index (χ3n) is 6.89. The van der Waals surface area contributed by atoms with E-state index in [0.717, 1.165) is 42.1 Å². The van der Waals surface area contributed by atoms with Gasteiger partial charge in [0.2, 0.25) is 5.28 Å². The van der Waals surface area contributed by atoms with Crippen LogP contribution in [0.2, 0.25) is 5.28 Å². The Bertz CT molecular complexity index is 1270. The number of nitrogens with zero attached hydrogens (tertiary/aromatic N) is 6. The molecule has 9 heteroatoms. The molecule has 1 fully saturated rings. The molecule has 0 spiro atoms. The van der Waals surface area contributed by atoms with Crippen LogP contribution in [-0.4, -0.2) is 58.1 Å². The fraction of sp³-hybridized carbons (Fsp3) is 0.357. The van der Waals surface area contributed by atoms with Gasteiger partial charge in [-0.1, -0.05) is 60.7 Å². The number of hydrogen-bond donors (Lipinski definition) is 0. The van der Waals surface area contributed by atoms with Gasteiger partial charge in [0.15, 0.2) is 0 Å². The topological polar surface area (TPSA) is 85.6 Å². The fourth-order valence-corrected chi connectivity index (χ4v) is 5.23. The van der Waals surface area contributed by atoms with Crippen molar-refractivity contribution in [3.8, 4) is 6.07 Å². The Hall–Kier alpha value is -3.67. The number of anilines is 1. The van der Waals surface area contributed by atoms with Gasteiger partial charge >= 0.3 is 6.09 Å². The number of halogens is 1. The Labute approximate surface area is 222 Å². The first-order chi connectivity index (χ1) is 18.1. The van der Waals surface area contributed by atoms with Crippen molar-refractivity contribution in [1.82, 2.24) is 19.8 Å². The zero-order valence-electron chi connectivity index (χ0n) is 20.6. The lowest BCUT2D eigenvalue weighted by atomic mass is 10.0. The van der Waals surface area contributed by atoms with Crippen LogP contribution in [0.5, 0.6) is 0 Å². The Morgan fingerprint density at radius 2 is 1.76 bits per heavy atom. The molecule has 0 saturated carbocycles. The summed E-state index contributed by atoms with van der Waals surface area (Å²) in [5, 5.41) is 9.69. The van der Waals surface area contributed by atoms with Crippen LogP contribution in [0.15, 0.2) is 60.7 Å². The van der Waals surface area contributed by atoms with Crippen molar-refractivity contribution in [2.75, 3.05) is 31.1 Å². The summed E-state index contributed by atoms with van der Waals surface area (Å²) in [4.78, 5) is 28.2. The number of nitriles is 1. The van der Waals surface area contributed by atoms with Crippen LogP contribution in [0.3, 0.4) is 0 Å². The van der Waals surface area contributed by atoms with Gasteiger partial charge in [-0.3, -0.25) is 4.90 Å². The van der Waals surface area contributed by atoms with Crippen molar-refractivity contribution in [2.24, 2.45) is 0 Å². The summed E-state index contributed by atoms with van der Waals surface area (Å²) in [6.45, 7) is 4.16. The predicted molar refractivity (Wildman–Crippen MR) is 141 cm³/mol. The molecular weight excluding hydrogens is 488 g/mol. The van der Waals surface area contributed by atoms with E-state index < -0.39 is 6.09 Å². The maximum Gasteiger partial charge on any atom is 0.410 e. The Kier molecular flexibility index (Phi) is 7.83. The molecule has 0 radical (unpaired) electrons. The molecule has 2 aliphatic heterocycles. The third kappa shape index (κ3) is 6.01. The SMILES string of the molecule is N#CC[C@H]1CN(c2nc(Cl)nc3c2CCN(Cc2ccccc2)C3)CCN1C(=O)OCc1ccccc1. The van der Waals surface area contributed by atoms with E-state index in [2.05, 4.69) is 50.1 Å². The molecule has 5 rings (SSSR count). The summed E-state index contributed by atoms with van der Waals surface area (Å²) < 4.78 is 5.56. The zero-order chi connectivity index (χ0) is 25.6. The van der Waals surface area contributed by atoms with Gasteiger partial charge < -0.3 is 14.5 Å². The molecule has 8 nitrogen and oxygen atoms in total. The number of rotatable bonds is 6. The van der Waals surface area contributed by atoms with Crippen LogP contribution in [0.1, 0.15) is 28.8 Å². The maximum absolute atomic E-state index is 12.9. The molecule has 2 aromatic carbocycles. The van der Waals surface area contributed by atoms with Crippen molar-refractivity contribution >= 4 is 23.5 Å². The molecule has 0 aliphatic carbocycles. The predicted octanol–water partition coefficient (Wildman–Crippen LogP) is 4.43. The standard InChI is InChI=1S/C28H29ClN6O2/c29-27-31-25-19-33(17-21-7-3-1-4-8-21)14-12-24(25)26(32-27)34-15-16-35(23(18-34)11-13-30)28(36)37-20-22-9-5-2-6-10-22/h1-10,23H,11-12,14-20H2/t23-/m0/s1. The molecule has 1 saturated heterocycles. The smallest absolute Gasteiger partial charge is 0.410 e. The minimum absolute atomic E-state index is 0.202. The average molecular weight is 517 g/mol. The quantitative estimate of drug-likeness (QED) is 0.448. The molecule has 2 aliphatic rings. The lowest BCUT2D eigenvalue weighted by Crippen LogP contribution is -2.55. The average Bonchev–Trinajstić information content (AvgIpc) is 2.92. The first-order valence-corrected chi connectivity index (χ1v) is 12.9. The number of ether oxygens (including phenoxy) is 1. The van der Waals surface area contributed by atoms with E-state index in [0.29, 0.717) is 26.2 Å². The first kappa shape index (κ1) is 25.0. The molecule has 3 heterocycles. The normalized spacial score (nSPS) is 17.7. The second-order valence-corrected chi connectivity index (χ2v) is 9.72. The number of carbonyl (C=O) groups excluding carboxylic acids is 1. The van der Waals surface area contributed by atoms with Gasteiger partial charge in [-0.2, -0.15) is 5.26 Å². The molecule has 1 aromatic heterocycles. The van der Waals surface area contributed by atoms with Gasteiger partial charge in [0, 0.05) is 44.8 Å². The van der Waals surface area contributed by atoms with E-state index in [1.54, 1.807) is 4.90 Å². The van der Waals surface area contributed by atoms with E-state index in [9.17, 15) is 10.1 Å². The van der Waals surface area contributed by atoms with E-state index >= 15 is 0 Å². The molecule has 1 amide bonds. The number of fused-ring (bicyclic) bond motifs is 1. The van der Waals surface area contributed by atoms with Gasteiger partial charge in [0.1, 0.15) is 12.4 Å². The van der Waals surface area contributed by atoms with E-state index in [1.807, 2.05) is 36.4 Å². The largest absolute Gasteiger partial charge is 0.445 e. The van der Waals surface area contributed by atoms with E-state index in [-0.39, 0.29) is 24.4 Å². The van der Waals surface area contributed by atoms with Gasteiger partial charge in [0.25, 0.3) is 0 Å². The Morgan fingerprint density at radius 1 is 1.03 bits per heavy atom. The Morgan fingerprint density at radius 3 is 2.49 bits per heavy atom. The number of carbonyl (C=O) groups is 1. The first-order valence-electron chi connectivity index (χ1n) is 12.5. The number of aromatic nitrogens is 2. The molecular formula is C28H29ClN6O2.